The van der Waals surface area contributed by atoms with Crippen LogP contribution in [0, 0.1) is 3.01 Å². The van der Waals surface area contributed by atoms with Crippen molar-refractivity contribution in [2.75, 3.05) is 4.93 Å². The first-order valence-electron chi connectivity index (χ1n) is 1.82. The molecule has 40 valence electrons. The van der Waals surface area contributed by atoms with Crippen LogP contribution >= 0.6 is 11.3 Å². The fourth-order valence-corrected chi connectivity index (χ4v) is 2.39. The van der Waals surface area contributed by atoms with Crippen molar-refractivity contribution in [1.29, 1.82) is 0 Å². The second-order valence-corrected chi connectivity index (χ2v) is 4.70. The molecule has 0 aliphatic heterocycles. The van der Waals surface area contributed by atoms with Gasteiger partial charge in [-0.1, -0.05) is 0 Å². The number of nitrogens with zero attached hydrogens (tertiary/aromatic N) is 1. The predicted molar refractivity (Wildman–Crippen MR) is 26.7 cm³/mol. The van der Waals surface area contributed by atoms with Crippen LogP contribution in [0.1, 0.15) is 0 Å². The maximum atomic E-state index is 4.10. The summed E-state index contributed by atoms with van der Waals surface area (Å²) in [5, 5.41) is 2.03. The van der Waals surface area contributed by atoms with Gasteiger partial charge in [0.1, 0.15) is 0 Å². The first-order chi connectivity index (χ1) is 3.43. The van der Waals surface area contributed by atoms with Gasteiger partial charge in [0.25, 0.3) is 0 Å². The van der Waals surface area contributed by atoms with E-state index in [1.54, 1.807) is 11.3 Å². The van der Waals surface area contributed by atoms with Crippen molar-refractivity contribution in [2.45, 2.75) is 0 Å². The average Bonchev–Trinajstić information content (AvgIpc) is 2.14. The molecule has 1 aromatic heterocycles. The molecule has 0 N–H and O–H groups in total. The molecule has 7 heavy (non-hydrogen) atoms. The number of aromatic nitrogens is 1. The summed E-state index contributed by atoms with van der Waals surface area (Å²) in [4.78, 5) is 6.32. The van der Waals surface area contributed by atoms with Gasteiger partial charge < -0.3 is 0 Å². The molecule has 1 aromatic rings. The van der Waals surface area contributed by atoms with E-state index in [0.29, 0.717) is 0 Å². The molecule has 0 aliphatic carbocycles. The Morgan fingerprint density at radius 3 is 3.00 bits per heavy atom. The van der Waals surface area contributed by atoms with E-state index in [0.717, 1.165) is 0 Å². The summed E-state index contributed by atoms with van der Waals surface area (Å²) < 4.78 is 1.33. The third-order valence-corrected chi connectivity index (χ3v) is 4.12. The molecule has 0 saturated carbocycles. The van der Waals surface area contributed by atoms with E-state index < -0.39 is 0 Å². The number of thiazole rings is 1. The van der Waals surface area contributed by atoms with Crippen molar-refractivity contribution < 1.29 is 21.2 Å². The molecule has 0 radical (unpaired) electrons. The standard InChI is InChI=1S/C4H5INS/c1-5-4-6-2-3-7-4/h2-3H,1H3/q-1. The molecule has 0 atom stereocenters. The normalized spacial score (nSPS) is 9.86. The van der Waals surface area contributed by atoms with E-state index in [2.05, 4.69) is 9.91 Å². The Hall–Kier alpha value is 0.360. The van der Waals surface area contributed by atoms with Gasteiger partial charge in [0.05, 0.1) is 0 Å². The number of hydrogen-bond acceptors (Lipinski definition) is 2. The number of halogens is 1. The molecule has 1 nitrogen and oxygen atoms in total. The van der Waals surface area contributed by atoms with E-state index in [1.807, 2.05) is 11.6 Å². The van der Waals surface area contributed by atoms with E-state index >= 15 is 0 Å². The first-order valence-corrected chi connectivity index (χ1v) is 5.94. The minimum atomic E-state index is 0.254. The van der Waals surface area contributed by atoms with Crippen LogP contribution in [0.15, 0.2) is 11.6 Å². The van der Waals surface area contributed by atoms with Gasteiger partial charge in [-0.25, -0.2) is 0 Å². The van der Waals surface area contributed by atoms with Crippen molar-refractivity contribution in [1.82, 2.24) is 4.98 Å². The van der Waals surface area contributed by atoms with Crippen molar-refractivity contribution >= 4 is 11.3 Å². The summed E-state index contributed by atoms with van der Waals surface area (Å²) in [6, 6.07) is 0. The minimum absolute atomic E-state index is 0.254. The summed E-state index contributed by atoms with van der Waals surface area (Å²) in [5.74, 6) is 0. The molecule has 0 amide bonds. The van der Waals surface area contributed by atoms with E-state index in [9.17, 15) is 0 Å². The summed E-state index contributed by atoms with van der Waals surface area (Å²) >= 11 is 2.02. The Morgan fingerprint density at radius 1 is 1.86 bits per heavy atom. The topological polar surface area (TPSA) is 12.9 Å². The predicted octanol–water partition coefficient (Wildman–Crippen LogP) is -1.97. The summed E-state index contributed by atoms with van der Waals surface area (Å²) in [6.07, 6.45) is 1.86. The fraction of sp³-hybridized carbons (Fsp3) is 0.250. The monoisotopic (exact) mass is 226 g/mol. The van der Waals surface area contributed by atoms with Crippen molar-refractivity contribution in [2.24, 2.45) is 0 Å². The van der Waals surface area contributed by atoms with Crippen molar-refractivity contribution in [3.63, 3.8) is 0 Å². The Bertz CT molecular complexity index is 126. The van der Waals surface area contributed by atoms with Crippen LogP contribution in [-0.4, -0.2) is 9.91 Å². The molecule has 0 aromatic carbocycles. The Balaban J connectivity index is 2.76. The number of alkyl halides is 1. The van der Waals surface area contributed by atoms with Crippen LogP contribution in [0.5, 0.6) is 0 Å². The second-order valence-electron chi connectivity index (χ2n) is 0.974. The van der Waals surface area contributed by atoms with Crippen LogP contribution in [0.25, 0.3) is 0 Å². The molecule has 0 unspecified atom stereocenters. The van der Waals surface area contributed by atoms with Crippen LogP contribution in [0.2, 0.25) is 0 Å². The van der Waals surface area contributed by atoms with E-state index in [1.165, 1.54) is 3.01 Å². The Morgan fingerprint density at radius 2 is 2.71 bits per heavy atom. The molecular formula is C4H5INS-. The Kier molecular flexibility index (Phi) is 2.05. The van der Waals surface area contributed by atoms with Gasteiger partial charge >= 0.3 is 57.0 Å². The van der Waals surface area contributed by atoms with Crippen molar-refractivity contribution in [3.05, 3.63) is 14.6 Å². The molecule has 0 aliphatic rings. The second kappa shape index (κ2) is 2.61. The molecule has 1 rings (SSSR count). The third kappa shape index (κ3) is 1.38. The number of rotatable bonds is 1. The molecule has 0 fully saturated rings. The van der Waals surface area contributed by atoms with Crippen LogP contribution in [0.3, 0.4) is 0 Å². The molecular weight excluding hydrogens is 221 g/mol. The number of hydrogen-bond donors (Lipinski definition) is 0. The van der Waals surface area contributed by atoms with E-state index in [4.69, 9.17) is 0 Å². The van der Waals surface area contributed by atoms with Gasteiger partial charge in [0.15, 0.2) is 0 Å². The van der Waals surface area contributed by atoms with Crippen molar-refractivity contribution in [3.8, 4) is 0 Å². The van der Waals surface area contributed by atoms with Gasteiger partial charge in [-0.15, -0.1) is 0 Å². The van der Waals surface area contributed by atoms with E-state index in [-0.39, 0.29) is 21.2 Å². The van der Waals surface area contributed by atoms with Crippen LogP contribution in [0.4, 0.5) is 0 Å². The summed E-state index contributed by atoms with van der Waals surface area (Å²) in [6.45, 7) is 0. The molecule has 0 spiro atoms. The third-order valence-electron chi connectivity index (χ3n) is 0.564. The van der Waals surface area contributed by atoms with Gasteiger partial charge in [-0.3, -0.25) is 0 Å². The molecule has 1 heterocycles. The molecule has 0 saturated heterocycles. The van der Waals surface area contributed by atoms with Gasteiger partial charge in [-0.05, 0) is 0 Å². The van der Waals surface area contributed by atoms with Crippen LogP contribution < -0.4 is 21.2 Å². The summed E-state index contributed by atoms with van der Waals surface area (Å²) in [5.41, 5.74) is 0. The quantitative estimate of drug-likeness (QED) is 0.400. The molecule has 3 heteroatoms. The van der Waals surface area contributed by atoms with Gasteiger partial charge in [0, 0.05) is 0 Å². The fourth-order valence-electron chi connectivity index (χ4n) is 0.299. The zero-order valence-corrected chi connectivity index (χ0v) is 6.86. The van der Waals surface area contributed by atoms with Gasteiger partial charge in [0.2, 0.25) is 0 Å². The van der Waals surface area contributed by atoms with Gasteiger partial charge in [-0.2, -0.15) is 0 Å². The average molecular weight is 226 g/mol. The first kappa shape index (κ1) is 5.50. The molecule has 0 bridgehead atoms. The van der Waals surface area contributed by atoms with Crippen LogP contribution in [-0.2, 0) is 0 Å². The Labute approximate surface area is 57.0 Å². The zero-order valence-electron chi connectivity index (χ0n) is 3.89. The zero-order chi connectivity index (χ0) is 5.11. The summed E-state index contributed by atoms with van der Waals surface area (Å²) in [7, 11) is 0. The maximum absolute atomic E-state index is 4.10. The SMILES string of the molecule is C[I-]c1nccs1.